The summed E-state index contributed by atoms with van der Waals surface area (Å²) in [6.45, 7) is 6.06. The Bertz CT molecular complexity index is 1370. The van der Waals surface area contributed by atoms with Crippen LogP contribution in [0, 0.1) is 18.6 Å². The number of benzene rings is 2. The van der Waals surface area contributed by atoms with Crippen LogP contribution < -0.4 is 0 Å². The predicted molar refractivity (Wildman–Crippen MR) is 125 cm³/mol. The fraction of sp³-hybridized carbons (Fsp3) is 0.304. The van der Waals surface area contributed by atoms with E-state index in [0.29, 0.717) is 35.6 Å². The molecule has 33 heavy (non-hydrogen) atoms. The van der Waals surface area contributed by atoms with Crippen molar-refractivity contribution in [2.24, 2.45) is 0 Å². The van der Waals surface area contributed by atoms with E-state index in [2.05, 4.69) is 9.97 Å². The summed E-state index contributed by atoms with van der Waals surface area (Å²) in [5, 5.41) is 0.365. The zero-order valence-corrected chi connectivity index (χ0v) is 20.1. The molecule has 0 radical (unpaired) electrons. The number of hydrogen-bond acceptors (Lipinski definition) is 5. The van der Waals surface area contributed by atoms with Crippen LogP contribution in [0.25, 0.3) is 21.9 Å². The van der Waals surface area contributed by atoms with E-state index < -0.39 is 19.2 Å². The third-order valence-electron chi connectivity index (χ3n) is 5.18. The van der Waals surface area contributed by atoms with Crippen molar-refractivity contribution in [2.75, 3.05) is 13.2 Å². The van der Waals surface area contributed by atoms with Gasteiger partial charge in [-0.1, -0.05) is 35.9 Å². The Morgan fingerprint density at radius 2 is 1.67 bits per heavy atom. The van der Waals surface area contributed by atoms with Gasteiger partial charge in [-0.3, -0.25) is 4.57 Å². The number of hydrogen-bond donors (Lipinski definition) is 0. The third kappa shape index (κ3) is 4.80. The van der Waals surface area contributed by atoms with Crippen LogP contribution in [0.4, 0.5) is 8.78 Å². The van der Waals surface area contributed by atoms with Gasteiger partial charge in [0.1, 0.15) is 28.5 Å². The molecular weight excluding hydrogens is 471 g/mol. The maximum Gasteiger partial charge on any atom is 0.335 e. The van der Waals surface area contributed by atoms with E-state index in [-0.39, 0.29) is 23.2 Å². The molecule has 2 aromatic carbocycles. The van der Waals surface area contributed by atoms with Crippen LogP contribution in [-0.2, 0) is 26.3 Å². The molecule has 0 saturated carbocycles. The molecule has 0 unspecified atom stereocenters. The Hall–Kier alpha value is -2.38. The van der Waals surface area contributed by atoms with Crippen molar-refractivity contribution in [3.05, 3.63) is 70.1 Å². The Morgan fingerprint density at radius 3 is 2.30 bits per heavy atom. The lowest BCUT2D eigenvalue weighted by Gasteiger charge is -2.17. The molecule has 4 aromatic rings. The summed E-state index contributed by atoms with van der Waals surface area (Å²) >= 11 is 6.41. The first-order chi connectivity index (χ1) is 15.7. The molecule has 0 saturated heterocycles. The molecule has 0 aliphatic carbocycles. The van der Waals surface area contributed by atoms with Crippen LogP contribution in [0.5, 0.6) is 0 Å². The molecule has 6 nitrogen and oxygen atoms in total. The van der Waals surface area contributed by atoms with E-state index in [0.717, 1.165) is 17.2 Å². The van der Waals surface area contributed by atoms with Gasteiger partial charge in [-0.15, -0.1) is 0 Å². The molecule has 0 spiro atoms. The van der Waals surface area contributed by atoms with Gasteiger partial charge in [-0.2, -0.15) is 0 Å². The topological polar surface area (TPSA) is 66.2 Å². The number of aromatic nitrogens is 3. The normalized spacial score (nSPS) is 12.2. The number of aryl methyl sites for hydroxylation is 1. The van der Waals surface area contributed by atoms with Gasteiger partial charge in [0.2, 0.25) is 0 Å². The quantitative estimate of drug-likeness (QED) is 0.203. The molecule has 0 amide bonds. The smallest absolute Gasteiger partial charge is 0.332 e. The lowest BCUT2D eigenvalue weighted by Crippen LogP contribution is -2.02. The van der Waals surface area contributed by atoms with Crippen LogP contribution in [-0.4, -0.2) is 27.7 Å². The van der Waals surface area contributed by atoms with Crippen molar-refractivity contribution in [1.82, 2.24) is 14.5 Å². The molecular formula is C23H23ClF2N3O3P. The van der Waals surface area contributed by atoms with E-state index in [9.17, 15) is 13.3 Å². The molecule has 0 bridgehead atoms. The van der Waals surface area contributed by atoms with Gasteiger partial charge in [0, 0.05) is 12.6 Å². The molecule has 4 rings (SSSR count). The summed E-state index contributed by atoms with van der Waals surface area (Å²) in [6.07, 6.45) is 0.152. The van der Waals surface area contributed by atoms with Gasteiger partial charge in [-0.05, 0) is 38.0 Å². The first-order valence-electron chi connectivity index (χ1n) is 10.5. The maximum absolute atomic E-state index is 14.7. The number of fused-ring (bicyclic) bond motifs is 3. The van der Waals surface area contributed by atoms with Crippen molar-refractivity contribution in [3.8, 4) is 0 Å². The van der Waals surface area contributed by atoms with Gasteiger partial charge >= 0.3 is 7.60 Å². The molecule has 0 aliphatic heterocycles. The highest BCUT2D eigenvalue weighted by atomic mass is 35.5. The number of halogens is 3. The lowest BCUT2D eigenvalue weighted by molar-refractivity contribution is 0.219. The molecule has 2 heterocycles. The van der Waals surface area contributed by atoms with E-state index in [1.807, 2.05) is 24.3 Å². The zero-order valence-electron chi connectivity index (χ0n) is 18.4. The van der Waals surface area contributed by atoms with E-state index >= 15 is 0 Å². The fourth-order valence-corrected chi connectivity index (χ4v) is 5.93. The van der Waals surface area contributed by atoms with Gasteiger partial charge in [0.05, 0.1) is 30.3 Å². The highest BCUT2D eigenvalue weighted by Crippen LogP contribution is 2.51. The summed E-state index contributed by atoms with van der Waals surface area (Å²) in [5.74, 6) is -1.00. The Balaban J connectivity index is 1.74. The third-order valence-corrected chi connectivity index (χ3v) is 7.50. The van der Waals surface area contributed by atoms with Gasteiger partial charge in [0.25, 0.3) is 0 Å². The molecule has 0 atom stereocenters. The van der Waals surface area contributed by atoms with Crippen LogP contribution >= 0.6 is 19.2 Å². The molecule has 0 fully saturated rings. The number of nitrogens with zero attached hydrogens (tertiary/aromatic N) is 3. The van der Waals surface area contributed by atoms with Crippen molar-refractivity contribution in [1.29, 1.82) is 0 Å². The standard InChI is InChI=1S/C23H23ClF2N3O3P/c1-4-31-33(30,32-5-2)13-16-8-6-15(7-9-16)12-29-19-11-17(25)10-18(26)20(19)21-22(29)23(24)28-14(3)27-21/h6-11H,4-5,12-13H2,1-3H3. The monoisotopic (exact) mass is 493 g/mol. The van der Waals surface area contributed by atoms with Crippen molar-refractivity contribution in [2.45, 2.75) is 33.5 Å². The van der Waals surface area contributed by atoms with E-state index in [1.54, 1.807) is 25.3 Å². The zero-order chi connectivity index (χ0) is 23.8. The van der Waals surface area contributed by atoms with Crippen molar-refractivity contribution in [3.63, 3.8) is 0 Å². The summed E-state index contributed by atoms with van der Waals surface area (Å²) in [5.41, 5.74) is 2.75. The fourth-order valence-electron chi connectivity index (χ4n) is 3.92. The van der Waals surface area contributed by atoms with Gasteiger partial charge in [-0.25, -0.2) is 18.7 Å². The van der Waals surface area contributed by atoms with Gasteiger partial charge < -0.3 is 13.6 Å². The van der Waals surface area contributed by atoms with Crippen molar-refractivity contribution >= 4 is 41.1 Å². The summed E-state index contributed by atoms with van der Waals surface area (Å²) < 4.78 is 54.0. The first-order valence-corrected chi connectivity index (χ1v) is 12.6. The second-order valence-corrected chi connectivity index (χ2v) is 9.96. The summed E-state index contributed by atoms with van der Waals surface area (Å²) in [6, 6.07) is 9.47. The molecule has 0 N–H and O–H groups in total. The Labute approximate surface area is 195 Å². The largest absolute Gasteiger partial charge is 0.335 e. The molecule has 10 heteroatoms. The Morgan fingerprint density at radius 1 is 1.03 bits per heavy atom. The van der Waals surface area contributed by atoms with Gasteiger partial charge in [0.15, 0.2) is 5.15 Å². The van der Waals surface area contributed by atoms with E-state index in [1.165, 1.54) is 6.07 Å². The highest BCUT2D eigenvalue weighted by molar-refractivity contribution is 7.53. The van der Waals surface area contributed by atoms with Crippen LogP contribution in [0.1, 0.15) is 30.8 Å². The van der Waals surface area contributed by atoms with Crippen LogP contribution in [0.15, 0.2) is 36.4 Å². The SMILES string of the molecule is CCOP(=O)(Cc1ccc(Cn2c3cc(F)cc(F)c3c3nc(C)nc(Cl)c32)cc1)OCC. The van der Waals surface area contributed by atoms with Crippen LogP contribution in [0.2, 0.25) is 5.15 Å². The number of rotatable bonds is 8. The first kappa shape index (κ1) is 23.8. The van der Waals surface area contributed by atoms with E-state index in [4.69, 9.17) is 20.6 Å². The minimum Gasteiger partial charge on any atom is -0.332 e. The molecule has 0 aliphatic rings. The summed E-state index contributed by atoms with van der Waals surface area (Å²) in [7, 11) is -3.22. The predicted octanol–water partition coefficient (Wildman–Crippen LogP) is 6.64. The minimum atomic E-state index is -3.22. The van der Waals surface area contributed by atoms with Crippen molar-refractivity contribution < 1.29 is 22.4 Å². The van der Waals surface area contributed by atoms with Crippen LogP contribution in [0.3, 0.4) is 0 Å². The second-order valence-electron chi connectivity index (χ2n) is 7.55. The lowest BCUT2D eigenvalue weighted by atomic mass is 10.1. The highest BCUT2D eigenvalue weighted by Gasteiger charge is 2.24. The molecule has 174 valence electrons. The Kier molecular flexibility index (Phi) is 6.82. The average Bonchev–Trinajstić information content (AvgIpc) is 3.03. The second kappa shape index (κ2) is 9.47. The minimum absolute atomic E-state index is 0.152. The summed E-state index contributed by atoms with van der Waals surface area (Å²) in [4.78, 5) is 8.57. The molecule has 2 aromatic heterocycles. The average molecular weight is 494 g/mol. The maximum atomic E-state index is 14.7.